The number of allylic oxidation sites excluding steroid dienone is 3. The van der Waals surface area contributed by atoms with Crippen LogP contribution in [0.2, 0.25) is 0 Å². The highest BCUT2D eigenvalue weighted by Gasteiger charge is 2.65. The third-order valence-corrected chi connectivity index (χ3v) is 11.7. The highest BCUT2D eigenvalue weighted by Crippen LogP contribution is 2.53. The number of ketones is 1. The van der Waals surface area contributed by atoms with Crippen LogP contribution in [0.5, 0.6) is 0 Å². The molecule has 0 aromatic rings. The first-order chi connectivity index (χ1) is 24.5. The maximum atomic E-state index is 14.4. The van der Waals surface area contributed by atoms with Gasteiger partial charge in [0.15, 0.2) is 0 Å². The second-order valence-electron chi connectivity index (χ2n) is 15.2. The molecule has 276 valence electrons. The summed E-state index contributed by atoms with van der Waals surface area (Å²) in [6.45, 7) is 18.4. The molecule has 0 aromatic carbocycles. The van der Waals surface area contributed by atoms with Crippen molar-refractivity contribution in [3.8, 4) is 0 Å². The summed E-state index contributed by atoms with van der Waals surface area (Å²) in [5, 5.41) is 0. The van der Waals surface area contributed by atoms with Crippen LogP contribution in [0.1, 0.15) is 67.2 Å². The molecule has 0 amide bonds. The second kappa shape index (κ2) is 12.5. The zero-order valence-electron chi connectivity index (χ0n) is 30.2. The van der Waals surface area contributed by atoms with Crippen molar-refractivity contribution in [3.63, 3.8) is 0 Å². The fourth-order valence-electron chi connectivity index (χ4n) is 8.56. The Bertz CT molecular complexity index is 1840. The molecule has 4 saturated heterocycles. The largest absolute Gasteiger partial charge is 0.476 e. The van der Waals surface area contributed by atoms with Gasteiger partial charge in [0.1, 0.15) is 42.4 Å². The molecule has 0 saturated carbocycles. The van der Waals surface area contributed by atoms with Gasteiger partial charge in [0.05, 0.1) is 23.0 Å². The Labute approximate surface area is 302 Å². The first-order valence-corrected chi connectivity index (χ1v) is 17.7. The Balaban J connectivity index is 1.28. The lowest BCUT2D eigenvalue weighted by Gasteiger charge is -2.45. The standard InChI is InChI=1S/C40H44O12/c1-9-19(3)34(42)46-25-17-38(7)14-12-24-23(30(51-38)31-28(25)21(5)36(44)48-31)11-16-40(50-24)27(41)13-15-39(8)18-26(47-35(43)20(4)10-2)29-22(6)37(45)49-32(29)33(40)52-39/h9-10,12-15,25-26,28-33H,5-6,11,16-18H2,1-4,7-8H3/b19-9-,20-10-/t25-,26-,28-,29-,30-,31+,32+,33+,38+,39+,40+/m1/s1. The van der Waals surface area contributed by atoms with Crippen molar-refractivity contribution < 1.29 is 57.1 Å². The van der Waals surface area contributed by atoms with E-state index in [1.54, 1.807) is 65.0 Å². The predicted molar refractivity (Wildman–Crippen MR) is 183 cm³/mol. The first-order valence-electron chi connectivity index (χ1n) is 17.7. The monoisotopic (exact) mass is 716 g/mol. The van der Waals surface area contributed by atoms with Gasteiger partial charge < -0.3 is 33.2 Å². The van der Waals surface area contributed by atoms with Crippen molar-refractivity contribution in [2.75, 3.05) is 0 Å². The summed E-state index contributed by atoms with van der Waals surface area (Å²) < 4.78 is 44.2. The Hall–Kier alpha value is -4.55. The number of hydrogen-bond donors (Lipinski definition) is 0. The van der Waals surface area contributed by atoms with Gasteiger partial charge in [-0.3, -0.25) is 4.79 Å². The van der Waals surface area contributed by atoms with Gasteiger partial charge in [-0.15, -0.1) is 0 Å². The van der Waals surface area contributed by atoms with E-state index in [-0.39, 0.29) is 42.6 Å². The second-order valence-corrected chi connectivity index (χ2v) is 15.2. The molecule has 7 heterocycles. The molecule has 1 spiro atoms. The molecule has 4 bridgehead atoms. The van der Waals surface area contributed by atoms with Crippen LogP contribution in [0.25, 0.3) is 0 Å². The van der Waals surface area contributed by atoms with Crippen molar-refractivity contribution in [1.82, 2.24) is 0 Å². The normalized spacial score (nSPS) is 41.1. The summed E-state index contributed by atoms with van der Waals surface area (Å²) in [5.74, 6) is -3.90. The summed E-state index contributed by atoms with van der Waals surface area (Å²) in [5.41, 5.74) is -2.02. The van der Waals surface area contributed by atoms with E-state index in [4.69, 9.17) is 33.2 Å². The Morgan fingerprint density at radius 1 is 0.808 bits per heavy atom. The lowest BCUT2D eigenvalue weighted by molar-refractivity contribution is -0.201. The van der Waals surface area contributed by atoms with Crippen LogP contribution in [-0.2, 0) is 57.1 Å². The van der Waals surface area contributed by atoms with Crippen LogP contribution in [0.4, 0.5) is 0 Å². The van der Waals surface area contributed by atoms with Crippen LogP contribution in [-0.4, -0.2) is 83.1 Å². The number of hydrogen-bond acceptors (Lipinski definition) is 12. The van der Waals surface area contributed by atoms with E-state index in [1.165, 1.54) is 6.08 Å². The van der Waals surface area contributed by atoms with Crippen molar-refractivity contribution in [2.45, 2.75) is 121 Å². The maximum absolute atomic E-state index is 14.4. The maximum Gasteiger partial charge on any atom is 0.334 e. The number of ether oxygens (including phenoxy) is 7. The third-order valence-electron chi connectivity index (χ3n) is 11.7. The van der Waals surface area contributed by atoms with E-state index < -0.39 is 89.1 Å². The lowest BCUT2D eigenvalue weighted by Crippen LogP contribution is -2.60. The fourth-order valence-corrected chi connectivity index (χ4v) is 8.56. The van der Waals surface area contributed by atoms with Crippen LogP contribution < -0.4 is 0 Å². The molecule has 7 aliphatic rings. The minimum absolute atomic E-state index is 0.0841. The molecular weight excluding hydrogens is 672 g/mol. The fraction of sp³-hybridized carbons (Fsp3) is 0.525. The van der Waals surface area contributed by atoms with Crippen LogP contribution in [0.15, 0.2) is 83.2 Å². The Morgan fingerprint density at radius 2 is 1.33 bits per heavy atom. The van der Waals surface area contributed by atoms with E-state index in [1.807, 2.05) is 6.92 Å². The average molecular weight is 717 g/mol. The van der Waals surface area contributed by atoms with Crippen molar-refractivity contribution in [1.29, 1.82) is 0 Å². The smallest absolute Gasteiger partial charge is 0.334 e. The Kier molecular flexibility index (Phi) is 8.65. The Morgan fingerprint density at radius 3 is 1.90 bits per heavy atom. The molecule has 7 aliphatic heterocycles. The van der Waals surface area contributed by atoms with Gasteiger partial charge in [-0.1, -0.05) is 25.3 Å². The number of carbonyl (C=O) groups excluding carboxylic acids is 5. The minimum Gasteiger partial charge on any atom is -0.476 e. The molecule has 7 rings (SSSR count). The summed E-state index contributed by atoms with van der Waals surface area (Å²) >= 11 is 0. The van der Waals surface area contributed by atoms with E-state index in [0.29, 0.717) is 22.5 Å². The molecule has 11 atom stereocenters. The minimum atomic E-state index is -1.67. The molecule has 0 aliphatic carbocycles. The predicted octanol–water partition coefficient (Wildman–Crippen LogP) is 4.55. The van der Waals surface area contributed by atoms with E-state index in [9.17, 15) is 24.0 Å². The molecule has 0 radical (unpaired) electrons. The summed E-state index contributed by atoms with van der Waals surface area (Å²) in [6.07, 6.45) is 4.99. The third kappa shape index (κ3) is 5.62. The van der Waals surface area contributed by atoms with Crippen molar-refractivity contribution >= 4 is 29.7 Å². The molecular formula is C40H44O12. The van der Waals surface area contributed by atoms with E-state index in [0.717, 1.165) is 0 Å². The van der Waals surface area contributed by atoms with Gasteiger partial charge in [-0.25, -0.2) is 19.2 Å². The van der Waals surface area contributed by atoms with Gasteiger partial charge in [0.25, 0.3) is 0 Å². The highest BCUT2D eigenvalue weighted by atomic mass is 16.6. The lowest BCUT2D eigenvalue weighted by atomic mass is 9.74. The molecule has 0 unspecified atom stereocenters. The van der Waals surface area contributed by atoms with Gasteiger partial charge in [0.2, 0.25) is 11.4 Å². The number of rotatable bonds is 4. The molecule has 12 heteroatoms. The molecule has 0 N–H and O–H groups in total. The number of carbonyl (C=O) groups is 5. The van der Waals surface area contributed by atoms with E-state index in [2.05, 4.69) is 13.2 Å². The molecule has 4 fully saturated rings. The van der Waals surface area contributed by atoms with Gasteiger partial charge >= 0.3 is 23.9 Å². The van der Waals surface area contributed by atoms with Gasteiger partial charge in [-0.05, 0) is 72.3 Å². The van der Waals surface area contributed by atoms with Crippen molar-refractivity contribution in [2.24, 2.45) is 11.8 Å². The van der Waals surface area contributed by atoms with Gasteiger partial charge in [-0.2, -0.15) is 0 Å². The topological polar surface area (TPSA) is 150 Å². The summed E-state index contributed by atoms with van der Waals surface area (Å²) in [6, 6.07) is 0. The zero-order chi connectivity index (χ0) is 37.5. The van der Waals surface area contributed by atoms with Crippen LogP contribution in [0, 0.1) is 11.8 Å². The van der Waals surface area contributed by atoms with E-state index >= 15 is 0 Å². The molecule has 12 nitrogen and oxygen atoms in total. The van der Waals surface area contributed by atoms with Crippen LogP contribution >= 0.6 is 0 Å². The average Bonchev–Trinajstić information content (AvgIpc) is 3.37. The molecule has 0 aromatic heterocycles. The van der Waals surface area contributed by atoms with Gasteiger partial charge in [0, 0.05) is 47.1 Å². The van der Waals surface area contributed by atoms with Crippen LogP contribution in [0.3, 0.4) is 0 Å². The first kappa shape index (κ1) is 35.8. The quantitative estimate of drug-likeness (QED) is 0.228. The summed E-state index contributed by atoms with van der Waals surface area (Å²) in [7, 11) is 0. The zero-order valence-corrected chi connectivity index (χ0v) is 30.2. The highest BCUT2D eigenvalue weighted by molar-refractivity contribution is 5.99. The summed E-state index contributed by atoms with van der Waals surface area (Å²) in [4.78, 5) is 66.5. The number of fused-ring (bicyclic) bond motifs is 10. The number of esters is 4. The SMILES string of the molecule is C=C1C(=O)O[C@H]2[C@H]1[C@H](OC(=O)/C(C)=C\C)C[C@]1(C)C=CC3=C(CC[C@]4(O3)C(=O)C=C[C@@]3(C)C[C@@H](OC(=O)/C(C)=C\C)[C@H]5C(=C)C(=O)O[C@@H]5[C@@H]4O3)[C@H]2O1. The molecule has 52 heavy (non-hydrogen) atoms. The van der Waals surface area contributed by atoms with Crippen molar-refractivity contribution in [3.05, 3.63) is 83.2 Å².